The lowest BCUT2D eigenvalue weighted by molar-refractivity contribution is -0.146. The van der Waals surface area contributed by atoms with Crippen LogP contribution in [0.5, 0.6) is 5.75 Å². The number of hydrogen-bond donors (Lipinski definition) is 1. The third-order valence-corrected chi connectivity index (χ3v) is 3.52. The molecule has 0 radical (unpaired) electrons. The summed E-state index contributed by atoms with van der Waals surface area (Å²) in [4.78, 5) is 11.6. The van der Waals surface area contributed by atoms with Gasteiger partial charge in [-0.25, -0.2) is 0 Å². The fourth-order valence-electron chi connectivity index (χ4n) is 2.13. The van der Waals surface area contributed by atoms with E-state index in [2.05, 4.69) is 5.32 Å². The third-order valence-electron chi connectivity index (χ3n) is 3.52. The van der Waals surface area contributed by atoms with Crippen molar-refractivity contribution in [2.45, 2.75) is 25.3 Å². The van der Waals surface area contributed by atoms with Crippen LogP contribution in [0.1, 0.15) is 19.8 Å². The second-order valence-electron chi connectivity index (χ2n) is 5.73. The molecule has 4 heteroatoms. The minimum atomic E-state index is -0.441. The number of dihydropyridines is 1. The monoisotopic (exact) mass is 285 g/mol. The third kappa shape index (κ3) is 3.66. The molecule has 1 unspecified atom stereocenters. The van der Waals surface area contributed by atoms with E-state index in [-0.39, 0.29) is 11.9 Å². The zero-order chi connectivity index (χ0) is 14.7. The molecule has 3 rings (SSSR count). The van der Waals surface area contributed by atoms with Gasteiger partial charge in [-0.2, -0.15) is 0 Å². The van der Waals surface area contributed by atoms with Gasteiger partial charge in [-0.05, 0) is 38.0 Å². The second-order valence-corrected chi connectivity index (χ2v) is 5.73. The highest BCUT2D eigenvalue weighted by molar-refractivity contribution is 5.75. The largest absolute Gasteiger partial charge is 0.463 e. The van der Waals surface area contributed by atoms with Gasteiger partial charge < -0.3 is 14.8 Å². The fourth-order valence-corrected chi connectivity index (χ4v) is 2.13. The van der Waals surface area contributed by atoms with Gasteiger partial charge in [-0.3, -0.25) is 4.79 Å². The lowest BCUT2D eigenvalue weighted by atomic mass is 10.0. The average Bonchev–Trinajstić information content (AvgIpc) is 3.31. The number of hydrogen-bond acceptors (Lipinski definition) is 4. The topological polar surface area (TPSA) is 47.6 Å². The molecule has 0 spiro atoms. The SMILES string of the molecule is CC1(COC(=O)C2CC2)C=CC=C(Oc2ccccc2)N1. The first kappa shape index (κ1) is 13.7. The van der Waals surface area contributed by atoms with Gasteiger partial charge in [0.15, 0.2) is 5.88 Å². The van der Waals surface area contributed by atoms with Gasteiger partial charge in [0.25, 0.3) is 0 Å². The number of nitrogens with one attached hydrogen (secondary N) is 1. The first-order valence-electron chi connectivity index (χ1n) is 7.22. The van der Waals surface area contributed by atoms with E-state index in [0.717, 1.165) is 18.6 Å². The van der Waals surface area contributed by atoms with Crippen molar-refractivity contribution in [3.05, 3.63) is 54.4 Å². The average molecular weight is 285 g/mol. The summed E-state index contributed by atoms with van der Waals surface area (Å²) in [6.07, 6.45) is 7.67. The Labute approximate surface area is 124 Å². The molecule has 1 aromatic carbocycles. The first-order valence-corrected chi connectivity index (χ1v) is 7.22. The van der Waals surface area contributed by atoms with Crippen molar-refractivity contribution in [2.24, 2.45) is 5.92 Å². The maximum Gasteiger partial charge on any atom is 0.309 e. The number of allylic oxidation sites excluding steroid dienone is 2. The molecular weight excluding hydrogens is 266 g/mol. The van der Waals surface area contributed by atoms with Gasteiger partial charge in [0.1, 0.15) is 12.4 Å². The minimum Gasteiger partial charge on any atom is -0.463 e. The van der Waals surface area contributed by atoms with E-state index in [0.29, 0.717) is 12.5 Å². The molecular formula is C17H19NO3. The molecule has 1 aliphatic carbocycles. The Morgan fingerprint density at radius 1 is 1.33 bits per heavy atom. The fraction of sp³-hybridized carbons (Fsp3) is 0.353. The van der Waals surface area contributed by atoms with E-state index in [9.17, 15) is 4.79 Å². The predicted molar refractivity (Wildman–Crippen MR) is 79.5 cm³/mol. The van der Waals surface area contributed by atoms with Crippen LogP contribution in [0.4, 0.5) is 0 Å². The Bertz CT molecular complexity index is 575. The van der Waals surface area contributed by atoms with Gasteiger partial charge in [0.05, 0.1) is 11.5 Å². The number of benzene rings is 1. The van der Waals surface area contributed by atoms with Crippen molar-refractivity contribution in [3.8, 4) is 5.75 Å². The van der Waals surface area contributed by atoms with Crippen LogP contribution in [0.25, 0.3) is 0 Å². The van der Waals surface area contributed by atoms with Crippen LogP contribution in [0.2, 0.25) is 0 Å². The van der Waals surface area contributed by atoms with E-state index >= 15 is 0 Å². The Balaban J connectivity index is 1.57. The van der Waals surface area contributed by atoms with E-state index in [1.165, 1.54) is 0 Å². The highest BCUT2D eigenvalue weighted by Gasteiger charge is 2.33. The smallest absolute Gasteiger partial charge is 0.309 e. The van der Waals surface area contributed by atoms with Gasteiger partial charge in [-0.15, -0.1) is 0 Å². The van der Waals surface area contributed by atoms with E-state index in [1.807, 2.05) is 55.5 Å². The van der Waals surface area contributed by atoms with Crippen LogP contribution in [-0.4, -0.2) is 18.1 Å². The Hall–Kier alpha value is -2.23. The number of carbonyl (C=O) groups is 1. The van der Waals surface area contributed by atoms with Crippen molar-refractivity contribution < 1.29 is 14.3 Å². The second kappa shape index (κ2) is 5.64. The molecule has 110 valence electrons. The molecule has 0 saturated heterocycles. The summed E-state index contributed by atoms with van der Waals surface area (Å²) >= 11 is 0. The van der Waals surface area contributed by atoms with Crippen LogP contribution < -0.4 is 10.1 Å². The molecule has 0 aromatic heterocycles. The van der Waals surface area contributed by atoms with Crippen molar-refractivity contribution in [3.63, 3.8) is 0 Å². The van der Waals surface area contributed by atoms with E-state index in [1.54, 1.807) is 0 Å². The molecule has 0 amide bonds. The normalized spacial score (nSPS) is 24.0. The quantitative estimate of drug-likeness (QED) is 0.845. The van der Waals surface area contributed by atoms with Crippen LogP contribution >= 0.6 is 0 Å². The molecule has 4 nitrogen and oxygen atoms in total. The molecule has 1 aromatic rings. The summed E-state index contributed by atoms with van der Waals surface area (Å²) in [7, 11) is 0. The predicted octanol–water partition coefficient (Wildman–Crippen LogP) is 2.78. The summed E-state index contributed by atoms with van der Waals surface area (Å²) in [5.41, 5.74) is -0.441. The van der Waals surface area contributed by atoms with Crippen LogP contribution in [0, 0.1) is 5.92 Å². The highest BCUT2D eigenvalue weighted by atomic mass is 16.5. The van der Waals surface area contributed by atoms with E-state index < -0.39 is 5.54 Å². The molecule has 1 heterocycles. The number of ether oxygens (including phenoxy) is 2. The van der Waals surface area contributed by atoms with Crippen molar-refractivity contribution in [1.29, 1.82) is 0 Å². The standard InChI is InChI=1S/C17H19NO3/c1-17(12-20-16(19)13-9-10-13)11-5-8-15(18-17)21-14-6-3-2-4-7-14/h2-8,11,13,18H,9-10,12H2,1H3. The molecule has 1 saturated carbocycles. The maximum atomic E-state index is 11.6. The zero-order valence-electron chi connectivity index (χ0n) is 12.0. The van der Waals surface area contributed by atoms with E-state index in [4.69, 9.17) is 9.47 Å². The number of carbonyl (C=O) groups excluding carboxylic acids is 1. The van der Waals surface area contributed by atoms with Crippen molar-refractivity contribution >= 4 is 5.97 Å². The molecule has 1 aliphatic heterocycles. The molecule has 0 bridgehead atoms. The lowest BCUT2D eigenvalue weighted by Gasteiger charge is -2.31. The molecule has 21 heavy (non-hydrogen) atoms. The van der Waals surface area contributed by atoms with Gasteiger partial charge in [-0.1, -0.05) is 30.4 Å². The van der Waals surface area contributed by atoms with Gasteiger partial charge in [0.2, 0.25) is 0 Å². The molecule has 1 fully saturated rings. The summed E-state index contributed by atoms with van der Waals surface area (Å²) in [5.74, 6) is 1.45. The maximum absolute atomic E-state index is 11.6. The summed E-state index contributed by atoms with van der Waals surface area (Å²) < 4.78 is 11.1. The lowest BCUT2D eigenvalue weighted by Crippen LogP contribution is -2.47. The molecule has 2 aliphatic rings. The molecule has 1 atom stereocenters. The van der Waals surface area contributed by atoms with Gasteiger partial charge in [0, 0.05) is 0 Å². The first-order chi connectivity index (χ1) is 10.1. The summed E-state index contributed by atoms with van der Waals surface area (Å²) in [5, 5.41) is 3.27. The Kier molecular flexibility index (Phi) is 3.69. The van der Waals surface area contributed by atoms with Gasteiger partial charge >= 0.3 is 5.97 Å². The van der Waals surface area contributed by atoms with Crippen LogP contribution in [-0.2, 0) is 9.53 Å². The van der Waals surface area contributed by atoms with Crippen LogP contribution in [0.3, 0.4) is 0 Å². The Morgan fingerprint density at radius 2 is 2.10 bits per heavy atom. The van der Waals surface area contributed by atoms with Crippen molar-refractivity contribution in [2.75, 3.05) is 6.61 Å². The molecule has 1 N–H and O–H groups in total. The van der Waals surface area contributed by atoms with Crippen molar-refractivity contribution in [1.82, 2.24) is 5.32 Å². The Morgan fingerprint density at radius 3 is 2.81 bits per heavy atom. The minimum absolute atomic E-state index is 0.0912. The summed E-state index contributed by atoms with van der Waals surface area (Å²) in [6, 6.07) is 9.57. The zero-order valence-corrected chi connectivity index (χ0v) is 12.0. The summed E-state index contributed by atoms with van der Waals surface area (Å²) in [6.45, 7) is 2.28. The number of esters is 1. The number of para-hydroxylation sites is 1. The van der Waals surface area contributed by atoms with Crippen LogP contribution in [0.15, 0.2) is 54.4 Å². The highest BCUT2D eigenvalue weighted by Crippen LogP contribution is 2.30. The number of rotatable bonds is 5.